The molecule has 3 aromatic rings. The molecule has 3 aromatic carbocycles. The summed E-state index contributed by atoms with van der Waals surface area (Å²) in [5.41, 5.74) is 4.97. The number of ether oxygens (including phenoxy) is 1. The van der Waals surface area contributed by atoms with Crippen LogP contribution in [0.5, 0.6) is 5.75 Å². The van der Waals surface area contributed by atoms with Crippen LogP contribution < -0.4 is 9.64 Å². The molecule has 2 amide bonds. The molecule has 0 saturated heterocycles. The normalized spacial score (nSPS) is 13.8. The van der Waals surface area contributed by atoms with Gasteiger partial charge in [0.05, 0.1) is 22.8 Å². The molecule has 0 saturated carbocycles. The van der Waals surface area contributed by atoms with Gasteiger partial charge in [-0.2, -0.15) is 0 Å². The largest absolute Gasteiger partial charge is 0.494 e. The molecule has 1 aliphatic rings. The fourth-order valence-electron chi connectivity index (χ4n) is 3.82. The predicted octanol–water partition coefficient (Wildman–Crippen LogP) is 5.92. The van der Waals surface area contributed by atoms with Gasteiger partial charge < -0.3 is 4.74 Å². The number of carbonyl (C=O) groups excluding carboxylic acids is 2. The molecule has 5 heteroatoms. The fraction of sp³-hybridized carbons (Fsp3) is 0.185. The Labute approximate surface area is 192 Å². The first-order chi connectivity index (χ1) is 15.5. The molecule has 0 atom stereocenters. The van der Waals surface area contributed by atoms with E-state index in [4.69, 9.17) is 4.74 Å². The molecule has 32 heavy (non-hydrogen) atoms. The lowest BCUT2D eigenvalue weighted by Crippen LogP contribution is -2.31. The zero-order valence-electron chi connectivity index (χ0n) is 18.4. The van der Waals surface area contributed by atoms with E-state index in [1.54, 1.807) is 18.2 Å². The molecular formula is C27H25NO3S. The van der Waals surface area contributed by atoms with Gasteiger partial charge in [-0.05, 0) is 49.6 Å². The van der Waals surface area contributed by atoms with Gasteiger partial charge in [0, 0.05) is 11.8 Å². The first-order valence-corrected chi connectivity index (χ1v) is 11.6. The van der Waals surface area contributed by atoms with E-state index in [9.17, 15) is 9.59 Å². The number of imide groups is 1. The number of nitrogens with zero attached hydrogens (tertiary/aromatic N) is 1. The highest BCUT2D eigenvalue weighted by Crippen LogP contribution is 2.41. The minimum absolute atomic E-state index is 0.292. The number of amides is 2. The highest BCUT2D eigenvalue weighted by molar-refractivity contribution is 8.03. The third-order valence-electron chi connectivity index (χ3n) is 5.31. The number of benzene rings is 3. The van der Waals surface area contributed by atoms with Crippen LogP contribution in [-0.2, 0) is 15.3 Å². The van der Waals surface area contributed by atoms with Gasteiger partial charge in [-0.3, -0.25) is 9.59 Å². The minimum Gasteiger partial charge on any atom is -0.494 e. The van der Waals surface area contributed by atoms with Crippen LogP contribution in [-0.4, -0.2) is 18.4 Å². The molecule has 0 N–H and O–H groups in total. The number of carbonyl (C=O) groups is 2. The minimum atomic E-state index is -0.300. The summed E-state index contributed by atoms with van der Waals surface area (Å²) in [5, 5.41) is 0. The van der Waals surface area contributed by atoms with Crippen molar-refractivity contribution in [3.05, 3.63) is 100.0 Å². The second-order valence-electron chi connectivity index (χ2n) is 7.67. The van der Waals surface area contributed by atoms with Crippen molar-refractivity contribution in [2.45, 2.75) is 26.5 Å². The molecule has 0 spiro atoms. The average molecular weight is 444 g/mol. The summed E-state index contributed by atoms with van der Waals surface area (Å²) in [4.78, 5) is 28.9. The molecule has 0 bridgehead atoms. The van der Waals surface area contributed by atoms with Gasteiger partial charge in [-0.15, -0.1) is 11.8 Å². The van der Waals surface area contributed by atoms with Gasteiger partial charge in [0.1, 0.15) is 5.75 Å². The highest BCUT2D eigenvalue weighted by atomic mass is 32.2. The van der Waals surface area contributed by atoms with E-state index in [2.05, 4.69) is 0 Å². The first-order valence-electron chi connectivity index (χ1n) is 10.6. The maximum atomic E-state index is 13.6. The Morgan fingerprint density at radius 3 is 2.38 bits per heavy atom. The van der Waals surface area contributed by atoms with E-state index < -0.39 is 0 Å². The van der Waals surface area contributed by atoms with Crippen LogP contribution in [0.2, 0.25) is 0 Å². The average Bonchev–Trinajstić information content (AvgIpc) is 3.03. The summed E-state index contributed by atoms with van der Waals surface area (Å²) < 4.78 is 5.58. The van der Waals surface area contributed by atoms with Crippen LogP contribution in [0.4, 0.5) is 5.69 Å². The van der Waals surface area contributed by atoms with Crippen molar-refractivity contribution in [3.63, 3.8) is 0 Å². The smallest absolute Gasteiger partial charge is 0.272 e. The number of rotatable bonds is 7. The number of anilines is 1. The second-order valence-corrected chi connectivity index (χ2v) is 8.66. The maximum absolute atomic E-state index is 13.6. The number of hydrogen-bond donors (Lipinski definition) is 0. The zero-order valence-corrected chi connectivity index (χ0v) is 19.2. The van der Waals surface area contributed by atoms with Crippen molar-refractivity contribution in [1.82, 2.24) is 0 Å². The summed E-state index contributed by atoms with van der Waals surface area (Å²) in [5.74, 6) is 0.644. The molecule has 0 unspecified atom stereocenters. The van der Waals surface area contributed by atoms with Gasteiger partial charge in [-0.1, -0.05) is 60.2 Å². The first kappa shape index (κ1) is 21.9. The van der Waals surface area contributed by atoms with E-state index in [1.165, 1.54) is 16.7 Å². The molecular weight excluding hydrogens is 418 g/mol. The third kappa shape index (κ3) is 4.34. The molecule has 1 heterocycles. The lowest BCUT2D eigenvalue weighted by molar-refractivity contribution is -0.119. The second kappa shape index (κ2) is 9.45. The van der Waals surface area contributed by atoms with Crippen LogP contribution >= 0.6 is 11.8 Å². The van der Waals surface area contributed by atoms with E-state index >= 15 is 0 Å². The molecule has 0 fully saturated rings. The standard InChI is InChI=1S/C27H25NO3S/c1-4-31-22-12-8-11-21(16-22)28-26(29)24(23-14-13-18(2)15-19(23)3)25(27(28)30)32-17-20-9-6-5-7-10-20/h5-16H,4,17H2,1-3H3. The Hall–Kier alpha value is -3.31. The van der Waals surface area contributed by atoms with E-state index in [-0.39, 0.29) is 11.8 Å². The summed E-state index contributed by atoms with van der Waals surface area (Å²) in [7, 11) is 0. The number of aryl methyl sites for hydroxylation is 2. The Kier molecular flexibility index (Phi) is 6.47. The van der Waals surface area contributed by atoms with Crippen molar-refractivity contribution in [2.24, 2.45) is 0 Å². The summed E-state index contributed by atoms with van der Waals surface area (Å²) >= 11 is 1.41. The van der Waals surface area contributed by atoms with Crippen LogP contribution in [0.25, 0.3) is 5.57 Å². The molecule has 0 aromatic heterocycles. The van der Waals surface area contributed by atoms with Gasteiger partial charge >= 0.3 is 0 Å². The van der Waals surface area contributed by atoms with Gasteiger partial charge in [0.2, 0.25) is 0 Å². The van der Waals surface area contributed by atoms with Crippen LogP contribution in [0.3, 0.4) is 0 Å². The summed E-state index contributed by atoms with van der Waals surface area (Å²) in [6, 6.07) is 23.0. The Bertz CT molecular complexity index is 1200. The lowest BCUT2D eigenvalue weighted by atomic mass is 9.99. The van der Waals surface area contributed by atoms with Crippen LogP contribution in [0, 0.1) is 13.8 Å². The Morgan fingerprint density at radius 1 is 0.875 bits per heavy atom. The zero-order chi connectivity index (χ0) is 22.7. The molecule has 162 valence electrons. The summed E-state index contributed by atoms with van der Waals surface area (Å²) in [6.07, 6.45) is 0. The van der Waals surface area contributed by atoms with Crippen molar-refractivity contribution in [1.29, 1.82) is 0 Å². The number of hydrogen-bond acceptors (Lipinski definition) is 4. The van der Waals surface area contributed by atoms with Crippen molar-refractivity contribution >= 4 is 34.8 Å². The topological polar surface area (TPSA) is 46.6 Å². The predicted molar refractivity (Wildman–Crippen MR) is 131 cm³/mol. The maximum Gasteiger partial charge on any atom is 0.272 e. The van der Waals surface area contributed by atoms with Gasteiger partial charge in [-0.25, -0.2) is 4.90 Å². The van der Waals surface area contributed by atoms with Crippen molar-refractivity contribution < 1.29 is 14.3 Å². The monoisotopic (exact) mass is 443 g/mol. The Balaban J connectivity index is 1.76. The van der Waals surface area contributed by atoms with Gasteiger partial charge in [0.15, 0.2) is 0 Å². The van der Waals surface area contributed by atoms with E-state index in [0.717, 1.165) is 22.3 Å². The highest BCUT2D eigenvalue weighted by Gasteiger charge is 2.40. The Morgan fingerprint density at radius 2 is 1.66 bits per heavy atom. The van der Waals surface area contributed by atoms with E-state index in [0.29, 0.717) is 34.3 Å². The molecule has 0 aliphatic carbocycles. The van der Waals surface area contributed by atoms with Crippen LogP contribution in [0.15, 0.2) is 77.7 Å². The SMILES string of the molecule is CCOc1cccc(N2C(=O)C(SCc3ccccc3)=C(c3ccc(C)cc3C)C2=O)c1. The third-order valence-corrected chi connectivity index (χ3v) is 6.45. The fourth-order valence-corrected chi connectivity index (χ4v) is 4.88. The number of thioether (sulfide) groups is 1. The van der Waals surface area contributed by atoms with Gasteiger partial charge in [0.25, 0.3) is 11.8 Å². The lowest BCUT2D eigenvalue weighted by Gasteiger charge is -2.16. The summed E-state index contributed by atoms with van der Waals surface area (Å²) in [6.45, 7) is 6.40. The molecule has 4 rings (SSSR count). The van der Waals surface area contributed by atoms with E-state index in [1.807, 2.05) is 75.4 Å². The molecule has 1 aliphatic heterocycles. The van der Waals surface area contributed by atoms with Crippen molar-refractivity contribution in [2.75, 3.05) is 11.5 Å². The molecule has 4 nitrogen and oxygen atoms in total. The van der Waals surface area contributed by atoms with Crippen LogP contribution in [0.1, 0.15) is 29.2 Å². The quantitative estimate of drug-likeness (QED) is 0.425. The van der Waals surface area contributed by atoms with Crippen molar-refractivity contribution in [3.8, 4) is 5.75 Å². The molecule has 0 radical (unpaired) electrons.